The van der Waals surface area contributed by atoms with Crippen LogP contribution in [0.25, 0.3) is 10.2 Å². The number of aromatic nitrogens is 3. The van der Waals surface area contributed by atoms with Crippen molar-refractivity contribution >= 4 is 49.2 Å². The lowest BCUT2D eigenvalue weighted by atomic mass is 10.3. The molecule has 2 heterocycles. The Hall–Kier alpha value is -2.53. The highest BCUT2D eigenvalue weighted by molar-refractivity contribution is 9.10. The molecule has 0 saturated carbocycles. The van der Waals surface area contributed by atoms with Crippen LogP contribution in [0.4, 0.5) is 5.82 Å². The van der Waals surface area contributed by atoms with Crippen molar-refractivity contribution in [3.8, 4) is 0 Å². The molecule has 0 bridgehead atoms. The molecule has 130 valence electrons. The zero-order chi connectivity index (χ0) is 18.1. The van der Waals surface area contributed by atoms with E-state index in [0.717, 1.165) is 10.2 Å². The van der Waals surface area contributed by atoms with Crippen molar-refractivity contribution in [3.63, 3.8) is 0 Å². The highest BCUT2D eigenvalue weighted by atomic mass is 79.9. The summed E-state index contributed by atoms with van der Waals surface area (Å²) in [5.74, 6) is -0.747. The average Bonchev–Trinajstić information content (AvgIpc) is 3.05. The van der Waals surface area contributed by atoms with Gasteiger partial charge in [-0.1, -0.05) is 23.5 Å². The number of carbonyl (C=O) groups is 1. The lowest BCUT2D eigenvalue weighted by Crippen LogP contribution is -2.27. The van der Waals surface area contributed by atoms with Crippen molar-refractivity contribution in [2.45, 2.75) is 13.5 Å². The molecule has 2 aromatic heterocycles. The van der Waals surface area contributed by atoms with Crippen LogP contribution in [0.2, 0.25) is 0 Å². The minimum atomic E-state index is -0.604. The van der Waals surface area contributed by atoms with Gasteiger partial charge in [0.2, 0.25) is 4.80 Å². The lowest BCUT2D eigenvalue weighted by Gasteiger charge is -1.99. The summed E-state index contributed by atoms with van der Waals surface area (Å²) in [7, 11) is 1.86. The Morgan fingerprint density at radius 2 is 2.20 bits per heavy atom. The van der Waals surface area contributed by atoms with Gasteiger partial charge in [0.25, 0.3) is 5.91 Å². The summed E-state index contributed by atoms with van der Waals surface area (Å²) in [6.45, 7) is 1.47. The number of nitrogens with one attached hydrogen (secondary N) is 1. The van der Waals surface area contributed by atoms with Crippen molar-refractivity contribution in [2.75, 3.05) is 0 Å². The second-order valence-corrected chi connectivity index (χ2v) is 7.00. The molecule has 9 nitrogen and oxygen atoms in total. The van der Waals surface area contributed by atoms with Gasteiger partial charge in [-0.05, 0) is 39.9 Å². The molecule has 0 aliphatic rings. The topological polar surface area (TPSA) is 107 Å². The third-order valence-corrected chi connectivity index (χ3v) is 5.62. The number of nitrogens with zero attached hydrogens (tertiary/aromatic N) is 5. The van der Waals surface area contributed by atoms with Gasteiger partial charge in [-0.3, -0.25) is 4.79 Å². The van der Waals surface area contributed by atoms with Crippen LogP contribution in [0.5, 0.6) is 0 Å². The number of amides is 1. The van der Waals surface area contributed by atoms with Crippen molar-refractivity contribution in [3.05, 3.63) is 49.3 Å². The van der Waals surface area contributed by atoms with Crippen molar-refractivity contribution < 1.29 is 9.72 Å². The number of carbonyl (C=O) groups excluding carboxylic acids is 1. The molecule has 0 spiro atoms. The number of thiazole rings is 1. The van der Waals surface area contributed by atoms with Crippen molar-refractivity contribution in [1.82, 2.24) is 19.8 Å². The van der Waals surface area contributed by atoms with Gasteiger partial charge in [0.05, 0.1) is 21.0 Å². The fraction of sp³-hybridized carbons (Fsp3) is 0.214. The maximum absolute atomic E-state index is 12.1. The summed E-state index contributed by atoms with van der Waals surface area (Å²) in [6, 6.07) is 7.82. The summed E-state index contributed by atoms with van der Waals surface area (Å²) in [6.07, 6.45) is 0. The van der Waals surface area contributed by atoms with Crippen LogP contribution in [0, 0.1) is 17.0 Å². The molecule has 0 fully saturated rings. The predicted molar refractivity (Wildman–Crippen MR) is 95.8 cm³/mol. The predicted octanol–water partition coefficient (Wildman–Crippen LogP) is 2.05. The fourth-order valence-electron chi connectivity index (χ4n) is 2.25. The third-order valence-electron chi connectivity index (χ3n) is 3.57. The Morgan fingerprint density at radius 3 is 2.84 bits per heavy atom. The second-order valence-electron chi connectivity index (χ2n) is 5.20. The average molecular weight is 425 g/mol. The highest BCUT2D eigenvalue weighted by Gasteiger charge is 2.24. The first-order valence-corrected chi connectivity index (χ1v) is 8.74. The molecule has 0 saturated heterocycles. The Bertz CT molecular complexity index is 1050. The fourth-order valence-corrected chi connectivity index (χ4v) is 3.66. The van der Waals surface area contributed by atoms with Crippen LogP contribution in [0.1, 0.15) is 5.69 Å². The van der Waals surface area contributed by atoms with Gasteiger partial charge in [-0.25, -0.2) is 5.43 Å². The number of fused-ring (bicyclic) bond motifs is 1. The smallest absolute Gasteiger partial charge is 0.358 e. The van der Waals surface area contributed by atoms with E-state index in [1.54, 1.807) is 6.92 Å². The van der Waals surface area contributed by atoms with Crippen LogP contribution >= 0.6 is 27.3 Å². The largest absolute Gasteiger partial charge is 0.404 e. The Labute approximate surface area is 153 Å². The minimum absolute atomic E-state index is 0.170. The molecule has 3 rings (SSSR count). The number of nitro groups is 1. The van der Waals surface area contributed by atoms with E-state index < -0.39 is 10.8 Å². The molecule has 11 heteroatoms. The Kier molecular flexibility index (Phi) is 4.68. The standard InChI is InChI=1S/C14H13BrN6O3S/c1-8-12(15)13(21(23)24)18-20(8)7-11(22)16-17-14-19(2)9-5-3-4-6-10(9)25-14/h3-6H,7H2,1-2H3,(H,16,22)/b17-14-. The molecule has 3 aromatic rings. The maximum Gasteiger partial charge on any atom is 0.404 e. The maximum atomic E-state index is 12.1. The summed E-state index contributed by atoms with van der Waals surface area (Å²) in [5.41, 5.74) is 3.98. The summed E-state index contributed by atoms with van der Waals surface area (Å²) < 4.78 is 4.46. The SMILES string of the molecule is Cc1c(Br)c([N+](=O)[O-])nn1CC(=O)N/N=c1\sc2ccccc2n1C. The van der Waals surface area contributed by atoms with E-state index in [2.05, 4.69) is 31.6 Å². The van der Waals surface area contributed by atoms with Crippen molar-refractivity contribution in [1.29, 1.82) is 0 Å². The van der Waals surface area contributed by atoms with Gasteiger partial charge in [-0.15, -0.1) is 5.10 Å². The molecule has 0 unspecified atom stereocenters. The first-order valence-electron chi connectivity index (χ1n) is 7.13. The van der Waals surface area contributed by atoms with Gasteiger partial charge in [0.1, 0.15) is 11.0 Å². The summed E-state index contributed by atoms with van der Waals surface area (Å²) >= 11 is 4.56. The van der Waals surface area contributed by atoms with E-state index in [0.29, 0.717) is 10.5 Å². The second kappa shape index (κ2) is 6.76. The molecule has 1 amide bonds. The highest BCUT2D eigenvalue weighted by Crippen LogP contribution is 2.26. The van der Waals surface area contributed by atoms with E-state index in [4.69, 9.17) is 0 Å². The number of para-hydroxylation sites is 1. The van der Waals surface area contributed by atoms with Crippen LogP contribution in [0.3, 0.4) is 0 Å². The zero-order valence-electron chi connectivity index (χ0n) is 13.3. The van der Waals surface area contributed by atoms with Crippen LogP contribution in [-0.4, -0.2) is 25.2 Å². The minimum Gasteiger partial charge on any atom is -0.358 e. The lowest BCUT2D eigenvalue weighted by molar-refractivity contribution is -0.390. The number of hydrogen-bond acceptors (Lipinski definition) is 6. The van der Waals surface area contributed by atoms with Crippen molar-refractivity contribution in [2.24, 2.45) is 12.1 Å². The van der Waals surface area contributed by atoms with E-state index in [9.17, 15) is 14.9 Å². The normalized spacial score (nSPS) is 11.9. The van der Waals surface area contributed by atoms with Crippen LogP contribution in [0.15, 0.2) is 33.8 Å². The van der Waals surface area contributed by atoms with E-state index in [1.165, 1.54) is 16.0 Å². The quantitative estimate of drug-likeness (QED) is 0.510. The van der Waals surface area contributed by atoms with E-state index in [-0.39, 0.29) is 16.8 Å². The van der Waals surface area contributed by atoms with Gasteiger partial charge < -0.3 is 14.7 Å². The van der Waals surface area contributed by atoms with Gasteiger partial charge >= 0.3 is 5.82 Å². The first kappa shape index (κ1) is 17.3. The molecule has 1 N–H and O–H groups in total. The Morgan fingerprint density at radius 1 is 1.48 bits per heavy atom. The molecule has 1 aromatic carbocycles. The molecule has 0 aliphatic carbocycles. The zero-order valence-corrected chi connectivity index (χ0v) is 15.7. The van der Waals surface area contributed by atoms with Crippen LogP contribution in [-0.2, 0) is 18.4 Å². The third kappa shape index (κ3) is 3.33. The number of halogens is 1. The molecule has 0 aliphatic heterocycles. The molecule has 25 heavy (non-hydrogen) atoms. The van der Waals surface area contributed by atoms with Gasteiger partial charge in [-0.2, -0.15) is 4.68 Å². The number of aryl methyl sites for hydroxylation is 1. The Balaban J connectivity index is 1.80. The molecule has 0 radical (unpaired) electrons. The molecule has 0 atom stereocenters. The number of benzene rings is 1. The van der Waals surface area contributed by atoms with Crippen LogP contribution < -0.4 is 10.2 Å². The molecular weight excluding hydrogens is 412 g/mol. The molecular formula is C14H13BrN6O3S. The number of hydrogen-bond donors (Lipinski definition) is 1. The van der Waals surface area contributed by atoms with E-state index >= 15 is 0 Å². The summed E-state index contributed by atoms with van der Waals surface area (Å²) in [4.78, 5) is 23.0. The monoisotopic (exact) mass is 424 g/mol. The first-order chi connectivity index (χ1) is 11.9. The van der Waals surface area contributed by atoms with Gasteiger partial charge in [0.15, 0.2) is 0 Å². The van der Waals surface area contributed by atoms with E-state index in [1.807, 2.05) is 35.9 Å². The van der Waals surface area contributed by atoms with Gasteiger partial charge in [0, 0.05) is 7.05 Å². The summed E-state index contributed by atoms with van der Waals surface area (Å²) in [5, 5.41) is 18.8. The number of rotatable bonds is 4.